The van der Waals surface area contributed by atoms with Gasteiger partial charge in [-0.3, -0.25) is 9.78 Å². The summed E-state index contributed by atoms with van der Waals surface area (Å²) in [6, 6.07) is 5.48. The second kappa shape index (κ2) is 4.80. The van der Waals surface area contributed by atoms with Gasteiger partial charge in [-0.2, -0.15) is 5.26 Å². The Morgan fingerprint density at radius 1 is 1.71 bits per heavy atom. The predicted molar refractivity (Wildman–Crippen MR) is 60.3 cm³/mol. The zero-order valence-electron chi connectivity index (χ0n) is 9.17. The van der Waals surface area contributed by atoms with E-state index in [1.165, 1.54) is 6.20 Å². The van der Waals surface area contributed by atoms with Crippen molar-refractivity contribution >= 4 is 11.6 Å². The van der Waals surface area contributed by atoms with Crippen LogP contribution < -0.4 is 10.6 Å². The maximum absolute atomic E-state index is 11.0. The third-order valence-electron chi connectivity index (χ3n) is 2.57. The van der Waals surface area contributed by atoms with Gasteiger partial charge in [0.25, 0.3) is 5.91 Å². The molecule has 0 aliphatic carbocycles. The van der Waals surface area contributed by atoms with Crippen LogP contribution in [0.5, 0.6) is 0 Å². The monoisotopic (exact) mass is 232 g/mol. The first kappa shape index (κ1) is 11.4. The van der Waals surface area contributed by atoms with E-state index in [1.54, 1.807) is 12.1 Å². The molecule has 1 atom stereocenters. The Hall–Kier alpha value is -2.13. The summed E-state index contributed by atoms with van der Waals surface area (Å²) in [6.07, 6.45) is 1.10. The zero-order valence-corrected chi connectivity index (χ0v) is 9.17. The van der Waals surface area contributed by atoms with Gasteiger partial charge in [-0.15, -0.1) is 0 Å². The number of nitriles is 1. The van der Waals surface area contributed by atoms with E-state index in [9.17, 15) is 4.79 Å². The number of nitrogens with two attached hydrogens (primary N) is 1. The molecule has 1 amide bonds. The second-order valence-corrected chi connectivity index (χ2v) is 3.70. The van der Waals surface area contributed by atoms with Crippen molar-refractivity contribution in [1.82, 2.24) is 4.98 Å². The predicted octanol–water partition coefficient (Wildman–Crippen LogP) is -0.0907. The van der Waals surface area contributed by atoms with Gasteiger partial charge < -0.3 is 15.4 Å². The van der Waals surface area contributed by atoms with Gasteiger partial charge in [-0.05, 0) is 12.1 Å². The number of amides is 1. The molecule has 17 heavy (non-hydrogen) atoms. The summed E-state index contributed by atoms with van der Waals surface area (Å²) in [5.74, 6) is -0.558. The molecule has 88 valence electrons. The van der Waals surface area contributed by atoms with Crippen LogP contribution in [0.25, 0.3) is 0 Å². The fraction of sp³-hybridized carbons (Fsp3) is 0.364. The number of carbonyl (C=O) groups is 1. The van der Waals surface area contributed by atoms with E-state index in [0.717, 1.165) is 5.69 Å². The molecule has 0 spiro atoms. The second-order valence-electron chi connectivity index (χ2n) is 3.70. The largest absolute Gasteiger partial charge is 0.365 e. The Balaban J connectivity index is 2.19. The molecule has 0 aromatic carbocycles. The molecule has 6 nitrogen and oxygen atoms in total. The minimum Gasteiger partial charge on any atom is -0.365 e. The SMILES string of the molecule is N#CC1CN(c2ccnc(C(N)=O)c2)CCO1. The van der Waals surface area contributed by atoms with Crippen LogP contribution in [-0.4, -0.2) is 36.7 Å². The molecular weight excluding hydrogens is 220 g/mol. The van der Waals surface area contributed by atoms with Crippen LogP contribution in [-0.2, 0) is 4.74 Å². The van der Waals surface area contributed by atoms with Gasteiger partial charge in [-0.25, -0.2) is 0 Å². The minimum atomic E-state index is -0.558. The average Bonchev–Trinajstić information content (AvgIpc) is 2.39. The van der Waals surface area contributed by atoms with Gasteiger partial charge in [0.1, 0.15) is 5.69 Å². The lowest BCUT2D eigenvalue weighted by Gasteiger charge is -2.31. The average molecular weight is 232 g/mol. The van der Waals surface area contributed by atoms with E-state index in [-0.39, 0.29) is 5.69 Å². The van der Waals surface area contributed by atoms with Crippen molar-refractivity contribution in [2.24, 2.45) is 5.73 Å². The minimum absolute atomic E-state index is 0.225. The van der Waals surface area contributed by atoms with Gasteiger partial charge in [0, 0.05) is 18.4 Å². The lowest BCUT2D eigenvalue weighted by Crippen LogP contribution is -2.42. The van der Waals surface area contributed by atoms with Gasteiger partial charge in [0.2, 0.25) is 0 Å². The lowest BCUT2D eigenvalue weighted by molar-refractivity contribution is 0.0764. The van der Waals surface area contributed by atoms with E-state index >= 15 is 0 Å². The Morgan fingerprint density at radius 2 is 2.53 bits per heavy atom. The highest BCUT2D eigenvalue weighted by Crippen LogP contribution is 2.17. The number of aromatic nitrogens is 1. The van der Waals surface area contributed by atoms with Crippen molar-refractivity contribution in [1.29, 1.82) is 5.26 Å². The summed E-state index contributed by atoms with van der Waals surface area (Å²) in [5, 5.41) is 8.81. The van der Waals surface area contributed by atoms with Gasteiger partial charge in [0.15, 0.2) is 6.10 Å². The summed E-state index contributed by atoms with van der Waals surface area (Å²) in [7, 11) is 0. The highest BCUT2D eigenvalue weighted by molar-refractivity contribution is 5.91. The number of primary amides is 1. The van der Waals surface area contributed by atoms with E-state index in [2.05, 4.69) is 11.1 Å². The smallest absolute Gasteiger partial charge is 0.267 e. The molecule has 0 saturated carbocycles. The molecule has 2 N–H and O–H groups in total. The van der Waals surface area contributed by atoms with Crippen LogP contribution in [0.3, 0.4) is 0 Å². The Bertz CT molecular complexity index is 469. The fourth-order valence-electron chi connectivity index (χ4n) is 1.71. The zero-order chi connectivity index (χ0) is 12.3. The number of nitrogens with zero attached hydrogens (tertiary/aromatic N) is 3. The maximum Gasteiger partial charge on any atom is 0.267 e. The van der Waals surface area contributed by atoms with Gasteiger partial charge in [-0.1, -0.05) is 0 Å². The molecule has 1 fully saturated rings. The highest BCUT2D eigenvalue weighted by atomic mass is 16.5. The fourth-order valence-corrected chi connectivity index (χ4v) is 1.71. The third kappa shape index (κ3) is 2.52. The highest BCUT2D eigenvalue weighted by Gasteiger charge is 2.20. The van der Waals surface area contributed by atoms with Crippen LogP contribution in [0.15, 0.2) is 18.3 Å². The van der Waals surface area contributed by atoms with E-state index < -0.39 is 12.0 Å². The summed E-state index contributed by atoms with van der Waals surface area (Å²) in [5.41, 5.74) is 6.22. The first-order valence-electron chi connectivity index (χ1n) is 5.22. The molecule has 1 aromatic rings. The molecule has 2 rings (SSSR count). The topological polar surface area (TPSA) is 92.2 Å². The molecule has 1 aliphatic heterocycles. The summed E-state index contributed by atoms with van der Waals surface area (Å²) in [4.78, 5) is 16.9. The van der Waals surface area contributed by atoms with Crippen LogP contribution in [0.1, 0.15) is 10.5 Å². The van der Waals surface area contributed by atoms with Gasteiger partial charge in [0.05, 0.1) is 19.2 Å². The van der Waals surface area contributed by atoms with Gasteiger partial charge >= 0.3 is 0 Å². The number of ether oxygens (including phenoxy) is 1. The van der Waals surface area contributed by atoms with Crippen LogP contribution in [0, 0.1) is 11.3 Å². The molecular formula is C11H12N4O2. The Kier molecular flexibility index (Phi) is 3.21. The number of hydrogen-bond donors (Lipinski definition) is 1. The first-order valence-corrected chi connectivity index (χ1v) is 5.22. The van der Waals surface area contributed by atoms with Crippen LogP contribution in [0.4, 0.5) is 5.69 Å². The maximum atomic E-state index is 11.0. The normalized spacial score (nSPS) is 19.7. The molecule has 2 heterocycles. The molecule has 1 unspecified atom stereocenters. The number of pyridine rings is 1. The third-order valence-corrected chi connectivity index (χ3v) is 2.57. The number of carbonyl (C=O) groups excluding carboxylic acids is 1. The Labute approximate surface area is 98.6 Å². The van der Waals surface area contributed by atoms with E-state index in [0.29, 0.717) is 19.7 Å². The molecule has 1 aromatic heterocycles. The lowest BCUT2D eigenvalue weighted by atomic mass is 10.2. The molecule has 0 radical (unpaired) electrons. The number of morpholine rings is 1. The van der Waals surface area contributed by atoms with E-state index in [4.69, 9.17) is 15.7 Å². The van der Waals surface area contributed by atoms with Crippen molar-refractivity contribution in [3.63, 3.8) is 0 Å². The van der Waals surface area contributed by atoms with Crippen molar-refractivity contribution < 1.29 is 9.53 Å². The molecule has 6 heteroatoms. The Morgan fingerprint density at radius 3 is 3.24 bits per heavy atom. The number of rotatable bonds is 2. The molecule has 1 aliphatic rings. The van der Waals surface area contributed by atoms with Crippen molar-refractivity contribution in [3.8, 4) is 6.07 Å². The molecule has 0 bridgehead atoms. The summed E-state index contributed by atoms with van der Waals surface area (Å²) >= 11 is 0. The van der Waals surface area contributed by atoms with Crippen LogP contribution >= 0.6 is 0 Å². The number of anilines is 1. The standard InChI is InChI=1S/C11H12N4O2/c12-6-9-7-15(3-4-17-9)8-1-2-14-10(5-8)11(13)16/h1-2,5,9H,3-4,7H2,(H2,13,16). The van der Waals surface area contributed by atoms with Crippen molar-refractivity contribution in [3.05, 3.63) is 24.0 Å². The van der Waals surface area contributed by atoms with Crippen molar-refractivity contribution in [2.45, 2.75) is 6.10 Å². The van der Waals surface area contributed by atoms with Crippen LogP contribution in [0.2, 0.25) is 0 Å². The quantitative estimate of drug-likeness (QED) is 0.769. The number of hydrogen-bond acceptors (Lipinski definition) is 5. The summed E-state index contributed by atoms with van der Waals surface area (Å²) in [6.45, 7) is 1.66. The summed E-state index contributed by atoms with van der Waals surface area (Å²) < 4.78 is 5.25. The van der Waals surface area contributed by atoms with E-state index in [1.807, 2.05) is 4.90 Å². The van der Waals surface area contributed by atoms with Crippen molar-refractivity contribution in [2.75, 3.05) is 24.6 Å². The molecule has 1 saturated heterocycles. The first-order chi connectivity index (χ1) is 8.20.